The van der Waals surface area contributed by atoms with Crippen LogP contribution in [0.5, 0.6) is 0 Å². The summed E-state index contributed by atoms with van der Waals surface area (Å²) in [6, 6.07) is 7.76. The van der Waals surface area contributed by atoms with Gasteiger partial charge in [-0.15, -0.1) is 21.5 Å². The number of halogens is 1. The van der Waals surface area contributed by atoms with Gasteiger partial charge in [0.05, 0.1) is 18.7 Å². The molecule has 0 radical (unpaired) electrons. The molecule has 46 heavy (non-hydrogen) atoms. The maximum atomic E-state index is 13.9. The van der Waals surface area contributed by atoms with E-state index in [0.717, 1.165) is 66.7 Å². The number of hydrogen-bond acceptors (Lipinski definition) is 9. The number of fused-ring (bicyclic) bond motifs is 3. The third kappa shape index (κ3) is 6.93. The Labute approximate surface area is 280 Å². The molecule has 0 bridgehead atoms. The van der Waals surface area contributed by atoms with E-state index in [4.69, 9.17) is 21.3 Å². The van der Waals surface area contributed by atoms with Crippen LogP contribution in [-0.2, 0) is 14.3 Å². The molecular weight excluding hydrogens is 622 g/mol. The molecule has 2 saturated heterocycles. The average molecular weight is 666 g/mol. The quantitative estimate of drug-likeness (QED) is 0.337. The molecule has 12 heteroatoms. The van der Waals surface area contributed by atoms with Crippen molar-refractivity contribution >= 4 is 40.5 Å². The zero-order valence-corrected chi connectivity index (χ0v) is 29.2. The molecule has 0 unspecified atom stereocenters. The molecule has 3 aromatic rings. The van der Waals surface area contributed by atoms with Crippen LogP contribution in [0, 0.1) is 20.8 Å². The third-order valence-corrected chi connectivity index (χ3v) is 10.7. The van der Waals surface area contributed by atoms with Crippen LogP contribution in [0.25, 0.3) is 5.00 Å². The number of piperazine rings is 1. The van der Waals surface area contributed by atoms with Crippen LogP contribution in [0.2, 0.25) is 5.02 Å². The van der Waals surface area contributed by atoms with Gasteiger partial charge in [0.15, 0.2) is 5.82 Å². The second kappa shape index (κ2) is 13.2. The predicted molar refractivity (Wildman–Crippen MR) is 181 cm³/mol. The first-order valence-electron chi connectivity index (χ1n) is 16.2. The van der Waals surface area contributed by atoms with E-state index in [9.17, 15) is 9.59 Å². The van der Waals surface area contributed by atoms with Gasteiger partial charge in [-0.2, -0.15) is 0 Å². The van der Waals surface area contributed by atoms with E-state index in [1.54, 1.807) is 11.3 Å². The van der Waals surface area contributed by atoms with Crippen LogP contribution in [0.15, 0.2) is 29.3 Å². The highest BCUT2D eigenvalue weighted by Gasteiger charge is 2.35. The number of piperidine rings is 1. The maximum Gasteiger partial charge on any atom is 0.320 e. The number of nitrogens with zero attached hydrogens (tertiary/aromatic N) is 7. The molecule has 1 aromatic carbocycles. The summed E-state index contributed by atoms with van der Waals surface area (Å²) in [7, 11) is 0. The fraction of sp³-hybridized carbons (Fsp3) is 0.559. The number of aliphatic imine (C=N–C) groups is 1. The van der Waals surface area contributed by atoms with Gasteiger partial charge in [-0.3, -0.25) is 28.9 Å². The molecule has 2 aromatic heterocycles. The van der Waals surface area contributed by atoms with E-state index >= 15 is 0 Å². The first-order valence-corrected chi connectivity index (χ1v) is 17.4. The Morgan fingerprint density at radius 1 is 0.978 bits per heavy atom. The summed E-state index contributed by atoms with van der Waals surface area (Å²) < 4.78 is 7.60. The fourth-order valence-corrected chi connectivity index (χ4v) is 8.10. The smallest absolute Gasteiger partial charge is 0.320 e. The zero-order valence-electron chi connectivity index (χ0n) is 27.7. The number of thiophene rings is 1. The number of carbonyl (C=O) groups is 2. The molecule has 0 saturated carbocycles. The summed E-state index contributed by atoms with van der Waals surface area (Å²) in [6.45, 7) is 17.1. The van der Waals surface area contributed by atoms with Gasteiger partial charge >= 0.3 is 5.97 Å². The van der Waals surface area contributed by atoms with E-state index in [0.29, 0.717) is 36.5 Å². The van der Waals surface area contributed by atoms with Crippen molar-refractivity contribution in [2.75, 3.05) is 45.8 Å². The van der Waals surface area contributed by atoms with Crippen LogP contribution in [0.3, 0.4) is 0 Å². The van der Waals surface area contributed by atoms with Gasteiger partial charge in [0.25, 0.3) is 0 Å². The van der Waals surface area contributed by atoms with E-state index in [1.165, 1.54) is 10.4 Å². The minimum absolute atomic E-state index is 0.0846. The van der Waals surface area contributed by atoms with Crippen molar-refractivity contribution in [3.8, 4) is 5.00 Å². The zero-order chi connectivity index (χ0) is 32.7. The lowest BCUT2D eigenvalue weighted by Crippen LogP contribution is -2.54. The fourth-order valence-electron chi connectivity index (χ4n) is 6.76. The Balaban J connectivity index is 1.13. The largest absolute Gasteiger partial charge is 0.459 e. The summed E-state index contributed by atoms with van der Waals surface area (Å²) in [5.41, 5.74) is 3.60. The molecule has 1 amide bonds. The normalized spacial score (nSPS) is 19.8. The van der Waals surface area contributed by atoms with Crippen LogP contribution < -0.4 is 0 Å². The minimum Gasteiger partial charge on any atom is -0.459 e. The van der Waals surface area contributed by atoms with Crippen molar-refractivity contribution in [2.24, 2.45) is 4.99 Å². The number of carbonyl (C=O) groups excluding carboxylic acids is 2. The van der Waals surface area contributed by atoms with E-state index in [1.807, 2.05) is 56.9 Å². The first-order chi connectivity index (χ1) is 21.9. The monoisotopic (exact) mass is 665 g/mol. The average Bonchev–Trinajstić information content (AvgIpc) is 3.48. The minimum atomic E-state index is -0.467. The number of likely N-dealkylation sites (tertiary alicyclic amines) is 1. The van der Waals surface area contributed by atoms with Gasteiger partial charge in [0, 0.05) is 66.3 Å². The van der Waals surface area contributed by atoms with Crippen molar-refractivity contribution in [3.63, 3.8) is 0 Å². The summed E-state index contributed by atoms with van der Waals surface area (Å²) in [6.07, 6.45) is 2.25. The van der Waals surface area contributed by atoms with Gasteiger partial charge in [0.1, 0.15) is 22.5 Å². The molecule has 246 valence electrons. The molecule has 3 aliphatic heterocycles. The van der Waals surface area contributed by atoms with Crippen molar-refractivity contribution in [1.82, 2.24) is 29.5 Å². The molecular formula is C34H44ClN7O3S. The lowest BCUT2D eigenvalue weighted by atomic mass is 9.99. The van der Waals surface area contributed by atoms with Gasteiger partial charge in [0.2, 0.25) is 5.91 Å². The lowest BCUT2D eigenvalue weighted by Gasteiger charge is -2.42. The number of aromatic nitrogens is 3. The van der Waals surface area contributed by atoms with E-state index in [-0.39, 0.29) is 18.3 Å². The molecule has 10 nitrogen and oxygen atoms in total. The topological polar surface area (TPSA) is 96.2 Å². The van der Waals surface area contributed by atoms with Gasteiger partial charge in [-0.25, -0.2) is 0 Å². The number of ether oxygens (including phenoxy) is 1. The van der Waals surface area contributed by atoms with Crippen LogP contribution in [0.4, 0.5) is 0 Å². The summed E-state index contributed by atoms with van der Waals surface area (Å²) >= 11 is 7.96. The summed E-state index contributed by atoms with van der Waals surface area (Å²) in [5, 5.41) is 10.7. The van der Waals surface area contributed by atoms with Crippen LogP contribution >= 0.6 is 22.9 Å². The highest BCUT2D eigenvalue weighted by Crippen LogP contribution is 2.40. The number of rotatable bonds is 6. The highest BCUT2D eigenvalue weighted by molar-refractivity contribution is 7.15. The van der Waals surface area contributed by atoms with Crippen LogP contribution in [0.1, 0.15) is 79.3 Å². The van der Waals surface area contributed by atoms with E-state index in [2.05, 4.69) is 38.4 Å². The molecule has 6 rings (SSSR count). The van der Waals surface area contributed by atoms with Crippen molar-refractivity contribution in [3.05, 3.63) is 62.5 Å². The second-order valence-corrected chi connectivity index (χ2v) is 15.3. The second-order valence-electron chi connectivity index (χ2n) is 13.6. The Morgan fingerprint density at radius 2 is 1.65 bits per heavy atom. The maximum absolute atomic E-state index is 13.9. The SMILES string of the molecule is Cc1sc2c(c1C)C(c1ccc(Cl)cc1)=N[C@@H](CC(=O)N1CCN(C3CCN(CC(=O)OC(C)(C)C)CC3)CC1)c1nnc(C)n1-2. The van der Waals surface area contributed by atoms with Crippen LogP contribution in [-0.4, -0.2) is 105 Å². The number of benzene rings is 1. The van der Waals surface area contributed by atoms with Crippen molar-refractivity contribution < 1.29 is 14.3 Å². The predicted octanol–water partition coefficient (Wildman–Crippen LogP) is 5.14. The number of hydrogen-bond donors (Lipinski definition) is 0. The first kappa shape index (κ1) is 32.8. The van der Waals surface area contributed by atoms with Crippen molar-refractivity contribution in [2.45, 2.75) is 78.5 Å². The lowest BCUT2D eigenvalue weighted by molar-refractivity contribution is -0.156. The van der Waals surface area contributed by atoms with Gasteiger partial charge in [-0.1, -0.05) is 23.7 Å². The molecule has 2 fully saturated rings. The molecule has 5 heterocycles. The molecule has 0 spiro atoms. The number of aryl methyl sites for hydroxylation is 2. The Bertz CT molecular complexity index is 1620. The van der Waals surface area contributed by atoms with E-state index < -0.39 is 11.6 Å². The number of esters is 1. The highest BCUT2D eigenvalue weighted by atomic mass is 35.5. The van der Waals surface area contributed by atoms with Crippen molar-refractivity contribution in [1.29, 1.82) is 0 Å². The summed E-state index contributed by atoms with van der Waals surface area (Å²) in [5.74, 6) is 1.41. The number of amides is 1. The Morgan fingerprint density at radius 3 is 2.30 bits per heavy atom. The molecule has 1 atom stereocenters. The standard InChI is InChI=1S/C34H44ClN7O3S/c1-21-22(2)46-33-30(21)31(24-7-9-25(35)10-8-24)36-27(32-38-37-23(3)42(32)33)19-28(43)41-17-15-40(16-18-41)26-11-13-39(14-12-26)20-29(44)45-34(4,5)6/h7-10,26-27H,11-20H2,1-6H3/t27-/m0/s1. The molecule has 0 N–H and O–H groups in total. The molecule has 0 aliphatic carbocycles. The third-order valence-electron chi connectivity index (χ3n) is 9.24. The van der Waals surface area contributed by atoms with Gasteiger partial charge < -0.3 is 9.64 Å². The molecule has 3 aliphatic rings. The summed E-state index contributed by atoms with van der Waals surface area (Å²) in [4.78, 5) is 39.3. The Kier molecular flexibility index (Phi) is 9.40. The van der Waals surface area contributed by atoms with Gasteiger partial charge in [-0.05, 0) is 72.1 Å². The Hall–Kier alpha value is -3.12.